The van der Waals surface area contributed by atoms with Gasteiger partial charge in [0, 0.05) is 51.3 Å². The summed E-state index contributed by atoms with van der Waals surface area (Å²) in [6.45, 7) is 1.81. The summed E-state index contributed by atoms with van der Waals surface area (Å²) in [5, 5.41) is 14.1. The van der Waals surface area contributed by atoms with E-state index < -0.39 is 16.1 Å². The minimum absolute atomic E-state index is 0.0974. The second kappa shape index (κ2) is 5.24. The highest BCUT2D eigenvalue weighted by Crippen LogP contribution is 2.32. The van der Waals surface area contributed by atoms with Crippen LogP contribution in [0.15, 0.2) is 17.2 Å². The summed E-state index contributed by atoms with van der Waals surface area (Å²) >= 11 is 0. The molecule has 10 heteroatoms. The first-order chi connectivity index (χ1) is 10.7. The van der Waals surface area contributed by atoms with Gasteiger partial charge in [0.15, 0.2) is 0 Å². The predicted octanol–water partition coefficient (Wildman–Crippen LogP) is -0.646. The van der Waals surface area contributed by atoms with Gasteiger partial charge in [-0.05, 0) is 6.07 Å². The van der Waals surface area contributed by atoms with Gasteiger partial charge in [0.1, 0.15) is 10.6 Å². The minimum atomic E-state index is -3.86. The fraction of sp³-hybridized carbons (Fsp3) is 0.538. The van der Waals surface area contributed by atoms with Gasteiger partial charge in [-0.2, -0.15) is 0 Å². The third kappa shape index (κ3) is 2.79. The van der Waals surface area contributed by atoms with Gasteiger partial charge < -0.3 is 19.5 Å². The van der Waals surface area contributed by atoms with Crippen LogP contribution in [0.3, 0.4) is 0 Å². The molecular weight excluding hydrogens is 324 g/mol. The maximum absolute atomic E-state index is 12.6. The molecule has 0 aliphatic carbocycles. The van der Waals surface area contributed by atoms with Crippen molar-refractivity contribution < 1.29 is 23.1 Å². The molecule has 2 saturated heterocycles. The molecule has 2 amide bonds. The Morgan fingerprint density at radius 1 is 1.17 bits per heavy atom. The van der Waals surface area contributed by atoms with E-state index in [0.717, 1.165) is 0 Å². The van der Waals surface area contributed by atoms with Crippen molar-refractivity contribution >= 4 is 22.0 Å². The number of sulfonamides is 1. The van der Waals surface area contributed by atoms with Crippen molar-refractivity contribution in [3.05, 3.63) is 18.0 Å². The van der Waals surface area contributed by atoms with E-state index in [1.807, 2.05) is 0 Å². The average Bonchev–Trinajstić information content (AvgIpc) is 3.08. The highest BCUT2D eigenvalue weighted by Gasteiger charge is 2.43. The van der Waals surface area contributed by atoms with Gasteiger partial charge in [-0.1, -0.05) is 0 Å². The van der Waals surface area contributed by atoms with E-state index in [9.17, 15) is 18.0 Å². The fourth-order valence-corrected chi connectivity index (χ4v) is 3.96. The first-order valence-electron chi connectivity index (χ1n) is 7.13. The van der Waals surface area contributed by atoms with Crippen LogP contribution < -0.4 is 5.14 Å². The van der Waals surface area contributed by atoms with Crippen LogP contribution >= 0.6 is 0 Å². The van der Waals surface area contributed by atoms with E-state index in [2.05, 4.69) is 0 Å². The van der Waals surface area contributed by atoms with Crippen molar-refractivity contribution in [3.8, 4) is 0 Å². The lowest BCUT2D eigenvalue weighted by atomic mass is 10.0. The van der Waals surface area contributed by atoms with Crippen molar-refractivity contribution in [2.45, 2.75) is 4.90 Å². The number of carboxylic acid groups (broad SMARTS) is 1. The molecule has 126 valence electrons. The molecule has 0 bridgehead atoms. The quantitative estimate of drug-likeness (QED) is 0.739. The second-order valence-electron chi connectivity index (χ2n) is 6.13. The number of hydrogen-bond acceptors (Lipinski definition) is 4. The molecule has 1 aromatic rings. The number of hydrogen-bond donors (Lipinski definition) is 2. The van der Waals surface area contributed by atoms with E-state index >= 15 is 0 Å². The number of amides is 2. The van der Waals surface area contributed by atoms with Crippen molar-refractivity contribution in [1.82, 2.24) is 14.4 Å². The topological polar surface area (TPSA) is 126 Å². The number of primary sulfonamides is 1. The second-order valence-corrected chi connectivity index (χ2v) is 7.70. The molecule has 2 atom stereocenters. The van der Waals surface area contributed by atoms with E-state index in [4.69, 9.17) is 10.2 Å². The summed E-state index contributed by atoms with van der Waals surface area (Å²) in [7, 11) is -2.27. The molecule has 2 fully saturated rings. The van der Waals surface area contributed by atoms with Crippen molar-refractivity contribution in [1.29, 1.82) is 0 Å². The summed E-state index contributed by atoms with van der Waals surface area (Å²) in [5.41, 5.74) is 0.254. The summed E-state index contributed by atoms with van der Waals surface area (Å²) < 4.78 is 24.2. The highest BCUT2D eigenvalue weighted by molar-refractivity contribution is 7.89. The molecule has 3 rings (SSSR count). The Hall–Kier alpha value is -2.07. The molecule has 3 heterocycles. The van der Waals surface area contributed by atoms with Crippen molar-refractivity contribution in [2.24, 2.45) is 24.0 Å². The fourth-order valence-electron chi connectivity index (χ4n) is 3.38. The SMILES string of the molecule is Cn1cc(S(N)(=O)=O)cc1C(=O)N1C[C@H]2CN(C(=O)O)C[C@@H]2C1. The zero-order valence-electron chi connectivity index (χ0n) is 12.5. The Balaban J connectivity index is 1.74. The van der Waals surface area contributed by atoms with Crippen LogP contribution in [0.2, 0.25) is 0 Å². The van der Waals surface area contributed by atoms with Crippen molar-refractivity contribution in [3.63, 3.8) is 0 Å². The molecule has 0 radical (unpaired) electrons. The first kappa shape index (κ1) is 15.8. The van der Waals surface area contributed by atoms with Gasteiger partial charge >= 0.3 is 6.09 Å². The van der Waals surface area contributed by atoms with Crippen LogP contribution in [0.25, 0.3) is 0 Å². The lowest BCUT2D eigenvalue weighted by Crippen LogP contribution is -2.35. The van der Waals surface area contributed by atoms with Crippen LogP contribution in [-0.2, 0) is 17.1 Å². The normalized spacial score (nSPS) is 24.1. The van der Waals surface area contributed by atoms with Crippen LogP contribution in [0.4, 0.5) is 4.79 Å². The molecule has 0 aromatic carbocycles. The number of carbonyl (C=O) groups is 2. The van der Waals surface area contributed by atoms with Crippen LogP contribution in [0.5, 0.6) is 0 Å². The minimum Gasteiger partial charge on any atom is -0.465 e. The van der Waals surface area contributed by atoms with E-state index in [1.54, 1.807) is 11.9 Å². The first-order valence-corrected chi connectivity index (χ1v) is 8.67. The number of rotatable bonds is 2. The number of aryl methyl sites for hydroxylation is 1. The number of nitrogens with two attached hydrogens (primary N) is 1. The predicted molar refractivity (Wildman–Crippen MR) is 79.3 cm³/mol. The maximum atomic E-state index is 12.6. The molecule has 2 aliphatic rings. The molecule has 3 N–H and O–H groups in total. The average molecular weight is 342 g/mol. The molecule has 0 saturated carbocycles. The summed E-state index contributed by atoms with van der Waals surface area (Å²) in [5.74, 6) is -0.000246. The Morgan fingerprint density at radius 3 is 2.13 bits per heavy atom. The largest absolute Gasteiger partial charge is 0.465 e. The molecule has 0 spiro atoms. The summed E-state index contributed by atoms with van der Waals surface area (Å²) in [6, 6.07) is 1.27. The number of likely N-dealkylation sites (tertiary alicyclic amines) is 2. The molecule has 23 heavy (non-hydrogen) atoms. The Labute approximate surface area is 133 Å². The van der Waals surface area contributed by atoms with Gasteiger partial charge in [0.2, 0.25) is 10.0 Å². The monoisotopic (exact) mass is 342 g/mol. The van der Waals surface area contributed by atoms with Crippen LogP contribution in [0.1, 0.15) is 10.5 Å². The Bertz CT molecular complexity index is 757. The molecule has 2 aliphatic heterocycles. The third-order valence-electron chi connectivity index (χ3n) is 4.57. The van der Waals surface area contributed by atoms with Gasteiger partial charge in [-0.15, -0.1) is 0 Å². The number of fused-ring (bicyclic) bond motifs is 1. The van der Waals surface area contributed by atoms with Crippen LogP contribution in [-0.4, -0.2) is 66.1 Å². The number of carbonyl (C=O) groups excluding carboxylic acids is 1. The van der Waals surface area contributed by atoms with E-state index in [0.29, 0.717) is 26.2 Å². The zero-order valence-corrected chi connectivity index (χ0v) is 13.4. The van der Waals surface area contributed by atoms with Gasteiger partial charge in [-0.3, -0.25) is 4.79 Å². The summed E-state index contributed by atoms with van der Waals surface area (Å²) in [6.07, 6.45) is 0.378. The zero-order chi connectivity index (χ0) is 16.9. The Morgan fingerprint density at radius 2 is 1.70 bits per heavy atom. The van der Waals surface area contributed by atoms with Crippen LogP contribution in [0, 0.1) is 11.8 Å². The van der Waals surface area contributed by atoms with E-state index in [1.165, 1.54) is 21.7 Å². The highest BCUT2D eigenvalue weighted by atomic mass is 32.2. The smallest absolute Gasteiger partial charge is 0.407 e. The standard InChI is InChI=1S/C13H18N4O5S/c1-15-7-10(23(14,21)22)2-11(15)12(18)16-3-8-5-17(13(19)20)6-9(8)4-16/h2,7-9H,3-6H2,1H3,(H,19,20)(H2,14,21,22)/t8-,9-/m0/s1. The molecule has 1 aromatic heterocycles. The lowest BCUT2D eigenvalue weighted by molar-refractivity contribution is 0.0765. The molecule has 0 unspecified atom stereocenters. The number of aromatic nitrogens is 1. The molecular formula is C13H18N4O5S. The van der Waals surface area contributed by atoms with Gasteiger partial charge in [0.05, 0.1) is 0 Å². The van der Waals surface area contributed by atoms with Crippen molar-refractivity contribution in [2.75, 3.05) is 26.2 Å². The van der Waals surface area contributed by atoms with E-state index in [-0.39, 0.29) is 28.3 Å². The van der Waals surface area contributed by atoms with Gasteiger partial charge in [0.25, 0.3) is 5.91 Å². The van der Waals surface area contributed by atoms with Gasteiger partial charge in [-0.25, -0.2) is 18.4 Å². The lowest BCUT2D eigenvalue weighted by Gasteiger charge is -2.20. The maximum Gasteiger partial charge on any atom is 0.407 e. The summed E-state index contributed by atoms with van der Waals surface area (Å²) in [4.78, 5) is 26.5. The number of nitrogens with zero attached hydrogens (tertiary/aromatic N) is 3. The molecule has 9 nitrogen and oxygen atoms in total. The third-order valence-corrected chi connectivity index (χ3v) is 5.45. The Kier molecular flexibility index (Phi) is 3.60.